The van der Waals surface area contributed by atoms with Crippen molar-refractivity contribution in [3.05, 3.63) is 35.4 Å². The molecule has 3 nitrogen and oxygen atoms in total. The van der Waals surface area contributed by atoms with Crippen LogP contribution >= 0.6 is 0 Å². The Morgan fingerprint density at radius 2 is 2.12 bits per heavy atom. The van der Waals surface area contributed by atoms with Crippen molar-refractivity contribution in [2.75, 3.05) is 7.05 Å². The minimum absolute atomic E-state index is 0.0125. The first-order valence-electron chi connectivity index (χ1n) is 5.97. The first-order chi connectivity index (χ1) is 7.86. The number of hydrogen-bond donors (Lipinski definition) is 1. The quantitative estimate of drug-likeness (QED) is 0.867. The van der Waals surface area contributed by atoms with Crippen molar-refractivity contribution < 1.29 is 4.79 Å². The second-order valence-corrected chi connectivity index (χ2v) is 4.92. The van der Waals surface area contributed by atoms with E-state index in [1.54, 1.807) is 18.9 Å². The molecule has 0 bridgehead atoms. The minimum atomic E-state index is -0.765. The Bertz CT molecular complexity index is 399. The molecule has 0 fully saturated rings. The van der Waals surface area contributed by atoms with Crippen molar-refractivity contribution >= 4 is 5.91 Å². The smallest absolute Gasteiger partial charge is 0.242 e. The third kappa shape index (κ3) is 3.56. The Labute approximate surface area is 104 Å². The molecule has 1 aromatic rings. The maximum absolute atomic E-state index is 12.1. The first kappa shape index (κ1) is 13.7. The van der Waals surface area contributed by atoms with E-state index >= 15 is 0 Å². The Hall–Kier alpha value is -1.35. The van der Waals surface area contributed by atoms with Gasteiger partial charge in [0.05, 0.1) is 5.54 Å². The number of carbonyl (C=O) groups is 1. The molecule has 0 aliphatic heterocycles. The van der Waals surface area contributed by atoms with E-state index in [2.05, 4.69) is 6.07 Å². The Morgan fingerprint density at radius 3 is 2.65 bits per heavy atom. The first-order valence-corrected chi connectivity index (χ1v) is 5.97. The van der Waals surface area contributed by atoms with Gasteiger partial charge in [0, 0.05) is 13.6 Å². The van der Waals surface area contributed by atoms with Crippen LogP contribution in [-0.4, -0.2) is 23.4 Å². The highest BCUT2D eigenvalue weighted by molar-refractivity contribution is 5.85. The molecule has 2 N–H and O–H groups in total. The molecule has 0 aliphatic rings. The van der Waals surface area contributed by atoms with Crippen LogP contribution in [0.4, 0.5) is 0 Å². The number of nitrogens with zero attached hydrogens (tertiary/aromatic N) is 1. The molecule has 0 aromatic heterocycles. The minimum Gasteiger partial charge on any atom is -0.340 e. The molecule has 1 rings (SSSR count). The number of aryl methyl sites for hydroxylation is 1. The molecule has 1 unspecified atom stereocenters. The number of likely N-dealkylation sites (N-methyl/N-ethyl adjacent to an activating group) is 1. The van der Waals surface area contributed by atoms with Crippen molar-refractivity contribution in [1.29, 1.82) is 0 Å². The SMILES string of the molecule is CCC(C)(N)C(=O)N(C)Cc1cccc(C)c1. The highest BCUT2D eigenvalue weighted by Crippen LogP contribution is 2.12. The molecule has 94 valence electrons. The molecule has 0 spiro atoms. The van der Waals surface area contributed by atoms with E-state index in [-0.39, 0.29) is 5.91 Å². The zero-order chi connectivity index (χ0) is 13.1. The number of nitrogens with two attached hydrogens (primary N) is 1. The molecular weight excluding hydrogens is 212 g/mol. The van der Waals surface area contributed by atoms with E-state index in [0.29, 0.717) is 13.0 Å². The fraction of sp³-hybridized carbons (Fsp3) is 0.500. The van der Waals surface area contributed by atoms with Gasteiger partial charge in [0.25, 0.3) is 0 Å². The van der Waals surface area contributed by atoms with Gasteiger partial charge in [0.15, 0.2) is 0 Å². The normalized spacial score (nSPS) is 14.2. The van der Waals surface area contributed by atoms with E-state index in [4.69, 9.17) is 5.73 Å². The van der Waals surface area contributed by atoms with Crippen molar-refractivity contribution in [2.24, 2.45) is 5.73 Å². The second-order valence-electron chi connectivity index (χ2n) is 4.92. The summed E-state index contributed by atoms with van der Waals surface area (Å²) >= 11 is 0. The van der Waals surface area contributed by atoms with Gasteiger partial charge >= 0.3 is 0 Å². The summed E-state index contributed by atoms with van der Waals surface area (Å²) in [6.45, 7) is 6.36. The van der Waals surface area contributed by atoms with Gasteiger partial charge in [0.2, 0.25) is 5.91 Å². The largest absolute Gasteiger partial charge is 0.340 e. The molecule has 1 atom stereocenters. The van der Waals surface area contributed by atoms with Crippen molar-refractivity contribution in [3.8, 4) is 0 Å². The maximum Gasteiger partial charge on any atom is 0.242 e. The zero-order valence-electron chi connectivity index (χ0n) is 11.2. The van der Waals surface area contributed by atoms with E-state index in [1.165, 1.54) is 5.56 Å². The highest BCUT2D eigenvalue weighted by Gasteiger charge is 2.28. The summed E-state index contributed by atoms with van der Waals surface area (Å²) in [6.07, 6.45) is 0.643. The molecule has 0 heterocycles. The molecule has 0 saturated carbocycles. The van der Waals surface area contributed by atoms with Gasteiger partial charge in [-0.05, 0) is 25.8 Å². The lowest BCUT2D eigenvalue weighted by Gasteiger charge is -2.28. The van der Waals surface area contributed by atoms with Crippen LogP contribution < -0.4 is 5.73 Å². The van der Waals surface area contributed by atoms with Gasteiger partial charge < -0.3 is 10.6 Å². The summed E-state index contributed by atoms with van der Waals surface area (Å²) in [4.78, 5) is 13.8. The number of carbonyl (C=O) groups excluding carboxylic acids is 1. The topological polar surface area (TPSA) is 46.3 Å². The van der Waals surface area contributed by atoms with Crippen LogP contribution in [-0.2, 0) is 11.3 Å². The third-order valence-electron chi connectivity index (χ3n) is 3.07. The molecule has 1 aromatic carbocycles. The lowest BCUT2D eigenvalue weighted by atomic mass is 9.98. The molecule has 1 amide bonds. The predicted molar refractivity (Wildman–Crippen MR) is 70.5 cm³/mol. The Balaban J connectivity index is 2.73. The van der Waals surface area contributed by atoms with Crippen LogP contribution in [0, 0.1) is 6.92 Å². The van der Waals surface area contributed by atoms with Crippen LogP contribution in [0.15, 0.2) is 24.3 Å². The van der Waals surface area contributed by atoms with Gasteiger partial charge in [-0.2, -0.15) is 0 Å². The van der Waals surface area contributed by atoms with E-state index in [9.17, 15) is 4.79 Å². The molecule has 0 radical (unpaired) electrons. The van der Waals surface area contributed by atoms with Gasteiger partial charge in [-0.3, -0.25) is 4.79 Å². The standard InChI is InChI=1S/C14H22N2O/c1-5-14(3,15)13(17)16(4)10-12-8-6-7-11(2)9-12/h6-9H,5,10,15H2,1-4H3. The Morgan fingerprint density at radius 1 is 1.47 bits per heavy atom. The second kappa shape index (κ2) is 5.32. The van der Waals surface area contributed by atoms with Crippen LogP contribution in [0.1, 0.15) is 31.4 Å². The predicted octanol–water partition coefficient (Wildman–Crippen LogP) is 2.08. The van der Waals surface area contributed by atoms with Gasteiger partial charge in [0.1, 0.15) is 0 Å². The van der Waals surface area contributed by atoms with E-state index in [1.807, 2.05) is 32.0 Å². The molecule has 0 saturated heterocycles. The summed E-state index contributed by atoms with van der Waals surface area (Å²) in [6, 6.07) is 8.16. The zero-order valence-corrected chi connectivity index (χ0v) is 11.2. The third-order valence-corrected chi connectivity index (χ3v) is 3.07. The molecule has 17 heavy (non-hydrogen) atoms. The lowest BCUT2D eigenvalue weighted by Crippen LogP contribution is -2.51. The molecule has 3 heteroatoms. The van der Waals surface area contributed by atoms with E-state index < -0.39 is 5.54 Å². The summed E-state index contributed by atoms with van der Waals surface area (Å²) in [5.74, 6) is -0.0125. The summed E-state index contributed by atoms with van der Waals surface area (Å²) in [5, 5.41) is 0. The summed E-state index contributed by atoms with van der Waals surface area (Å²) in [5.41, 5.74) is 7.52. The van der Waals surface area contributed by atoms with Crippen molar-refractivity contribution in [1.82, 2.24) is 4.90 Å². The lowest BCUT2D eigenvalue weighted by molar-refractivity contribution is -0.135. The number of hydrogen-bond acceptors (Lipinski definition) is 2. The molecule has 0 aliphatic carbocycles. The van der Waals surface area contributed by atoms with Crippen molar-refractivity contribution in [3.63, 3.8) is 0 Å². The maximum atomic E-state index is 12.1. The van der Waals surface area contributed by atoms with Gasteiger partial charge in [-0.1, -0.05) is 36.8 Å². The fourth-order valence-electron chi connectivity index (χ4n) is 1.74. The van der Waals surface area contributed by atoms with Crippen LogP contribution in [0.2, 0.25) is 0 Å². The number of rotatable bonds is 4. The van der Waals surface area contributed by atoms with Crippen molar-refractivity contribution in [2.45, 2.75) is 39.3 Å². The van der Waals surface area contributed by atoms with E-state index in [0.717, 1.165) is 5.56 Å². The van der Waals surface area contributed by atoms with Gasteiger partial charge in [-0.15, -0.1) is 0 Å². The van der Waals surface area contributed by atoms with Crippen LogP contribution in [0.25, 0.3) is 0 Å². The van der Waals surface area contributed by atoms with Gasteiger partial charge in [-0.25, -0.2) is 0 Å². The average Bonchev–Trinajstić information content (AvgIpc) is 2.28. The highest BCUT2D eigenvalue weighted by atomic mass is 16.2. The summed E-state index contributed by atoms with van der Waals surface area (Å²) < 4.78 is 0. The Kier molecular flexibility index (Phi) is 4.29. The fourth-order valence-corrected chi connectivity index (χ4v) is 1.74. The number of amides is 1. The van der Waals surface area contributed by atoms with Crippen LogP contribution in [0.5, 0.6) is 0 Å². The summed E-state index contributed by atoms with van der Waals surface area (Å²) in [7, 11) is 1.80. The monoisotopic (exact) mass is 234 g/mol. The molecular formula is C14H22N2O. The average molecular weight is 234 g/mol. The number of benzene rings is 1. The van der Waals surface area contributed by atoms with Crippen LogP contribution in [0.3, 0.4) is 0 Å².